The smallest absolute Gasteiger partial charge is 0.410 e. The Morgan fingerprint density at radius 2 is 1.70 bits per heavy atom. The number of carbonyl (C=O) groups excluding carboxylic acids is 5. The third kappa shape index (κ3) is 11.7. The molecule has 292 valence electrons. The molecule has 0 aliphatic carbocycles. The van der Waals surface area contributed by atoms with Gasteiger partial charge in [0.05, 0.1) is 77.2 Å². The number of ether oxygens (including phenoxy) is 2. The molecule has 1 atom stereocenters. The molecule has 16 nitrogen and oxygen atoms in total. The van der Waals surface area contributed by atoms with E-state index in [4.69, 9.17) is 18.5 Å². The van der Waals surface area contributed by atoms with Gasteiger partial charge in [-0.05, 0) is 71.7 Å². The summed E-state index contributed by atoms with van der Waals surface area (Å²) < 4.78 is 35.4. The Balaban J connectivity index is 1.28. The van der Waals surface area contributed by atoms with Crippen molar-refractivity contribution in [2.24, 2.45) is 0 Å². The lowest BCUT2D eigenvalue weighted by Gasteiger charge is -2.42. The van der Waals surface area contributed by atoms with Crippen LogP contribution in [-0.4, -0.2) is 139 Å². The van der Waals surface area contributed by atoms with Crippen LogP contribution in [-0.2, 0) is 32.7 Å². The fraction of sp³-hybridized carbons (Fsp3) is 0.611. The minimum absolute atomic E-state index is 0.0993. The first-order valence-electron chi connectivity index (χ1n) is 18.2. The summed E-state index contributed by atoms with van der Waals surface area (Å²) in [4.78, 5) is 72.0. The van der Waals surface area contributed by atoms with Gasteiger partial charge in [-0.15, -0.1) is 0 Å². The normalized spacial score (nSPS) is 17.4. The summed E-state index contributed by atoms with van der Waals surface area (Å²) in [6, 6.07) is 5.86. The number of Topliss-reactive ketones (excluding diaryl/α,β-unsaturated/α-hetero) is 1. The van der Waals surface area contributed by atoms with E-state index < -0.39 is 49.0 Å². The van der Waals surface area contributed by atoms with Crippen molar-refractivity contribution in [1.82, 2.24) is 25.4 Å². The summed E-state index contributed by atoms with van der Waals surface area (Å²) in [5, 5.41) is 5.52. The van der Waals surface area contributed by atoms with Gasteiger partial charge in [0.25, 0.3) is 11.8 Å². The Hall–Kier alpha value is -4.11. The van der Waals surface area contributed by atoms with E-state index >= 15 is 0 Å². The molecule has 2 N–H and O–H groups in total. The van der Waals surface area contributed by atoms with Crippen LogP contribution in [0.5, 0.6) is 5.75 Å². The Bertz CT molecular complexity index is 1680. The molecule has 4 rings (SSSR count). The van der Waals surface area contributed by atoms with Crippen LogP contribution in [0.2, 0.25) is 0 Å². The lowest BCUT2D eigenvalue weighted by atomic mass is 10.1. The van der Waals surface area contributed by atoms with Gasteiger partial charge in [-0.3, -0.25) is 33.6 Å². The van der Waals surface area contributed by atoms with Crippen LogP contribution in [0.15, 0.2) is 30.5 Å². The minimum atomic E-state index is -3.61. The van der Waals surface area contributed by atoms with Crippen molar-refractivity contribution in [3.8, 4) is 5.75 Å². The van der Waals surface area contributed by atoms with Gasteiger partial charge >= 0.3 is 13.7 Å². The Kier molecular flexibility index (Phi) is 14.4. The molecule has 2 aliphatic heterocycles. The third-order valence-corrected chi connectivity index (χ3v) is 11.0. The number of hydrogen-bond donors (Lipinski definition) is 2. The number of rotatable bonds is 16. The van der Waals surface area contributed by atoms with Gasteiger partial charge in [-0.1, -0.05) is 0 Å². The van der Waals surface area contributed by atoms with Crippen molar-refractivity contribution in [3.05, 3.63) is 36.0 Å². The molecule has 2 aliphatic rings. The number of amides is 4. The summed E-state index contributed by atoms with van der Waals surface area (Å²) in [6.07, 6.45) is 2.33. The highest BCUT2D eigenvalue weighted by Crippen LogP contribution is 2.46. The number of piperazine rings is 1. The number of benzene rings is 1. The van der Waals surface area contributed by atoms with Crippen molar-refractivity contribution < 1.29 is 51.5 Å². The molecule has 0 saturated carbocycles. The molecule has 2 saturated heterocycles. The van der Waals surface area contributed by atoms with Gasteiger partial charge in [0.15, 0.2) is 0 Å². The standard InChI is InChI=1S/C36H53N6O10P/c1-7-50-53(48,51-8-2)25-39-34(46)32(44)30-11-9-16-41(30)31(43)24-38-33(45)27-14-15-37-29-13-12-26(23-28(27)29)49-22-10-19-42(6)20-17-40(18-21-42)35(47)52-36(3,4)5/h12-15,23,30H,7-11,16-22,24-25H2,1-6H3,(H-,38,39,45,46)/p+1/t30-/m0/s1. The Morgan fingerprint density at radius 1 is 1.00 bits per heavy atom. The third-order valence-electron chi connectivity index (χ3n) is 9.12. The average Bonchev–Trinajstić information content (AvgIpc) is 3.61. The molecule has 0 bridgehead atoms. The van der Waals surface area contributed by atoms with Crippen molar-refractivity contribution in [3.63, 3.8) is 0 Å². The summed E-state index contributed by atoms with van der Waals surface area (Å²) in [7, 11) is -1.44. The molecule has 2 aromatic rings. The van der Waals surface area contributed by atoms with E-state index in [1.165, 1.54) is 11.1 Å². The molecular weight excluding hydrogens is 707 g/mol. The number of likely N-dealkylation sites (N-methyl/N-ethyl adjacent to an activating group) is 1. The maximum Gasteiger partial charge on any atom is 0.410 e. The van der Waals surface area contributed by atoms with Gasteiger partial charge in [0.1, 0.15) is 23.7 Å². The lowest BCUT2D eigenvalue weighted by molar-refractivity contribution is -0.913. The van der Waals surface area contributed by atoms with Crippen LogP contribution < -0.4 is 15.4 Å². The number of nitrogens with zero attached hydrogens (tertiary/aromatic N) is 4. The highest BCUT2D eigenvalue weighted by Gasteiger charge is 2.38. The number of hydrogen-bond acceptors (Lipinski definition) is 11. The molecule has 4 amide bonds. The zero-order valence-corrected chi connectivity index (χ0v) is 32.6. The maximum atomic E-state index is 13.3. The van der Waals surface area contributed by atoms with E-state index in [0.29, 0.717) is 48.3 Å². The van der Waals surface area contributed by atoms with Gasteiger partial charge < -0.3 is 38.5 Å². The molecule has 17 heteroatoms. The van der Waals surface area contributed by atoms with Crippen LogP contribution in [0, 0.1) is 0 Å². The number of pyridine rings is 1. The van der Waals surface area contributed by atoms with Crippen LogP contribution in [0.25, 0.3) is 10.9 Å². The number of ketones is 1. The van der Waals surface area contributed by atoms with Gasteiger partial charge in [-0.2, -0.15) is 0 Å². The predicted molar refractivity (Wildman–Crippen MR) is 196 cm³/mol. The largest absolute Gasteiger partial charge is 0.493 e. The van der Waals surface area contributed by atoms with E-state index in [0.717, 1.165) is 30.5 Å². The van der Waals surface area contributed by atoms with Crippen molar-refractivity contribution >= 4 is 48.1 Å². The zero-order chi connectivity index (χ0) is 38.8. The molecule has 1 aromatic heterocycles. The van der Waals surface area contributed by atoms with Crippen molar-refractivity contribution in [2.45, 2.75) is 65.5 Å². The molecule has 0 spiro atoms. The van der Waals surface area contributed by atoms with E-state index in [2.05, 4.69) is 22.7 Å². The summed E-state index contributed by atoms with van der Waals surface area (Å²) in [5.74, 6) is -2.28. The monoisotopic (exact) mass is 761 g/mol. The topological polar surface area (TPSA) is 183 Å². The van der Waals surface area contributed by atoms with Gasteiger partial charge in [-0.25, -0.2) is 4.79 Å². The molecule has 2 fully saturated rings. The number of carbonyl (C=O) groups is 5. The number of fused-ring (bicyclic) bond motifs is 1. The van der Waals surface area contributed by atoms with Gasteiger partial charge in [0, 0.05) is 24.5 Å². The number of likely N-dealkylation sites (tertiary alicyclic amines) is 1. The van der Waals surface area contributed by atoms with E-state index in [1.54, 1.807) is 43.0 Å². The van der Waals surface area contributed by atoms with Gasteiger partial charge in [0.2, 0.25) is 11.7 Å². The first kappa shape index (κ1) is 41.6. The molecule has 53 heavy (non-hydrogen) atoms. The Morgan fingerprint density at radius 3 is 2.36 bits per heavy atom. The highest BCUT2D eigenvalue weighted by atomic mass is 31.2. The van der Waals surface area contributed by atoms with Crippen molar-refractivity contribution in [1.29, 1.82) is 0 Å². The predicted octanol–water partition coefficient (Wildman–Crippen LogP) is 3.33. The van der Waals surface area contributed by atoms with Crippen molar-refractivity contribution in [2.75, 3.05) is 79.0 Å². The summed E-state index contributed by atoms with van der Waals surface area (Å²) >= 11 is 0. The number of aromatic nitrogens is 1. The highest BCUT2D eigenvalue weighted by molar-refractivity contribution is 7.53. The Labute approximate surface area is 310 Å². The van der Waals surface area contributed by atoms with E-state index in [-0.39, 0.29) is 38.8 Å². The van der Waals surface area contributed by atoms with Crippen LogP contribution in [0.3, 0.4) is 0 Å². The quantitative estimate of drug-likeness (QED) is 0.111. The SMILES string of the molecule is CCOP(=O)(CNC(=O)C(=O)[C@@H]1CCCN1C(=O)CNC(=O)c1ccnc2ccc(OCCC[N+]3(C)CCN(C(=O)OC(C)(C)C)CC3)cc12)OCC. The molecular formula is C36H54N6O10P+. The zero-order valence-electron chi connectivity index (χ0n) is 31.7. The average molecular weight is 762 g/mol. The molecule has 0 unspecified atom stereocenters. The summed E-state index contributed by atoms with van der Waals surface area (Å²) in [5.41, 5.74) is 0.350. The van der Waals surface area contributed by atoms with Crippen LogP contribution in [0.4, 0.5) is 4.79 Å². The number of quaternary nitrogens is 1. The number of nitrogens with one attached hydrogen (secondary N) is 2. The van der Waals surface area contributed by atoms with Crippen LogP contribution in [0.1, 0.15) is 64.2 Å². The van der Waals surface area contributed by atoms with Crippen LogP contribution >= 0.6 is 7.60 Å². The minimum Gasteiger partial charge on any atom is -0.493 e. The first-order chi connectivity index (χ1) is 25.1. The van der Waals surface area contributed by atoms with E-state index in [9.17, 15) is 28.5 Å². The second-order valence-electron chi connectivity index (χ2n) is 14.4. The first-order valence-corrected chi connectivity index (χ1v) is 19.9. The molecule has 3 heterocycles. The fourth-order valence-electron chi connectivity index (χ4n) is 6.35. The lowest BCUT2D eigenvalue weighted by Crippen LogP contribution is -2.59. The van der Waals surface area contributed by atoms with E-state index in [1.807, 2.05) is 20.8 Å². The molecule has 1 aromatic carbocycles. The molecule has 0 radical (unpaired) electrons. The fourth-order valence-corrected chi connectivity index (χ4v) is 7.73. The maximum absolute atomic E-state index is 13.3. The second-order valence-corrected chi connectivity index (χ2v) is 16.5. The second kappa shape index (κ2) is 18.3. The summed E-state index contributed by atoms with van der Waals surface area (Å²) in [6.45, 7) is 13.1.